The molecule has 7 heteroatoms. The Hall–Kier alpha value is -2.05. The number of hydrogen-bond acceptors (Lipinski definition) is 5. The lowest BCUT2D eigenvalue weighted by atomic mass is 9.83. The maximum atomic E-state index is 13.2. The summed E-state index contributed by atoms with van der Waals surface area (Å²) >= 11 is 6.03. The van der Waals surface area contributed by atoms with Crippen LogP contribution in [0.5, 0.6) is 0 Å². The Morgan fingerprint density at radius 1 is 1.09 bits per heavy atom. The van der Waals surface area contributed by atoms with E-state index in [1.54, 1.807) is 0 Å². The first-order valence-corrected chi connectivity index (χ1v) is 13.3. The summed E-state index contributed by atoms with van der Waals surface area (Å²) in [6.07, 6.45) is 7.86. The number of nitrogens with one attached hydrogen (secondary N) is 1. The molecular formula is C27H36ClN3O3. The molecule has 1 saturated heterocycles. The number of amides is 1. The molecule has 4 aliphatic rings. The van der Waals surface area contributed by atoms with E-state index in [4.69, 9.17) is 16.3 Å². The minimum Gasteiger partial charge on any atom is -0.463 e. The molecule has 1 amide bonds. The van der Waals surface area contributed by atoms with Gasteiger partial charge in [0.15, 0.2) is 0 Å². The van der Waals surface area contributed by atoms with Crippen molar-refractivity contribution in [1.29, 1.82) is 0 Å². The number of piperazine rings is 1. The van der Waals surface area contributed by atoms with E-state index in [9.17, 15) is 9.59 Å². The second-order valence-corrected chi connectivity index (χ2v) is 10.9. The first-order valence-electron chi connectivity index (χ1n) is 12.9. The number of rotatable bonds is 6. The highest BCUT2D eigenvalue weighted by molar-refractivity contribution is 6.30. The van der Waals surface area contributed by atoms with Crippen LogP contribution >= 0.6 is 11.6 Å². The number of carbonyl (C=O) groups excluding carboxylic acids is 2. The van der Waals surface area contributed by atoms with Gasteiger partial charge >= 0.3 is 5.97 Å². The molecule has 1 aliphatic heterocycles. The van der Waals surface area contributed by atoms with Gasteiger partial charge in [-0.15, -0.1) is 0 Å². The summed E-state index contributed by atoms with van der Waals surface area (Å²) in [4.78, 5) is 30.7. The van der Waals surface area contributed by atoms with Crippen LogP contribution in [0.1, 0.15) is 58.3 Å². The summed E-state index contributed by atoms with van der Waals surface area (Å²) < 4.78 is 5.32. The molecule has 6 nitrogen and oxygen atoms in total. The van der Waals surface area contributed by atoms with Gasteiger partial charge in [-0.05, 0) is 88.0 Å². The maximum absolute atomic E-state index is 13.2. The number of allylic oxidation sites excluding steroid dienone is 1. The quantitative estimate of drug-likeness (QED) is 0.600. The van der Waals surface area contributed by atoms with Crippen molar-refractivity contribution in [3.05, 3.63) is 40.6 Å². The highest BCUT2D eigenvalue weighted by Gasteiger charge is 2.47. The van der Waals surface area contributed by atoms with Crippen molar-refractivity contribution in [2.24, 2.45) is 11.3 Å². The number of halogens is 1. The normalized spacial score (nSPS) is 26.6. The van der Waals surface area contributed by atoms with Crippen LogP contribution in [0.25, 0.3) is 0 Å². The number of anilines is 1. The van der Waals surface area contributed by atoms with Gasteiger partial charge in [-0.1, -0.05) is 11.6 Å². The van der Waals surface area contributed by atoms with Crippen LogP contribution in [0.15, 0.2) is 35.5 Å². The van der Waals surface area contributed by atoms with Crippen LogP contribution in [-0.2, 0) is 14.3 Å². The fourth-order valence-electron chi connectivity index (χ4n) is 6.04. The van der Waals surface area contributed by atoms with Gasteiger partial charge in [0.05, 0.1) is 12.2 Å². The fraction of sp³-hybridized carbons (Fsp3) is 0.630. The first kappa shape index (κ1) is 23.7. The van der Waals surface area contributed by atoms with Gasteiger partial charge in [0, 0.05) is 54.5 Å². The molecule has 1 N–H and O–H groups in total. The molecule has 184 valence electrons. The molecule has 2 atom stereocenters. The van der Waals surface area contributed by atoms with E-state index in [1.807, 2.05) is 19.1 Å². The summed E-state index contributed by atoms with van der Waals surface area (Å²) in [5.74, 6) is -0.135. The first-order chi connectivity index (χ1) is 16.5. The maximum Gasteiger partial charge on any atom is 0.335 e. The third-order valence-corrected chi connectivity index (χ3v) is 8.62. The molecule has 5 rings (SSSR count). The van der Waals surface area contributed by atoms with Gasteiger partial charge in [0.2, 0.25) is 5.91 Å². The highest BCUT2D eigenvalue weighted by atomic mass is 35.5. The largest absolute Gasteiger partial charge is 0.463 e. The van der Waals surface area contributed by atoms with Crippen LogP contribution in [0.2, 0.25) is 5.02 Å². The van der Waals surface area contributed by atoms with E-state index < -0.39 is 0 Å². The zero-order valence-electron chi connectivity index (χ0n) is 20.2. The summed E-state index contributed by atoms with van der Waals surface area (Å²) in [5.41, 5.74) is 3.05. The van der Waals surface area contributed by atoms with Crippen LogP contribution in [0.4, 0.5) is 5.69 Å². The smallest absolute Gasteiger partial charge is 0.335 e. The number of benzene rings is 1. The third-order valence-electron chi connectivity index (χ3n) is 8.37. The average Bonchev–Trinajstić information content (AvgIpc) is 3.40. The number of nitrogens with zero attached hydrogens (tertiary/aromatic N) is 2. The molecule has 34 heavy (non-hydrogen) atoms. The Kier molecular flexibility index (Phi) is 6.90. The van der Waals surface area contributed by atoms with Crippen molar-refractivity contribution in [2.75, 3.05) is 37.7 Å². The Morgan fingerprint density at radius 3 is 2.50 bits per heavy atom. The molecule has 1 aromatic carbocycles. The molecule has 0 radical (unpaired) electrons. The Bertz CT molecular complexity index is 948. The van der Waals surface area contributed by atoms with E-state index >= 15 is 0 Å². The SMILES string of the molecule is CCOC(=O)C1=C(NC(=O)[C@@H]2CC[C@H](N3CCN(c4ccc(Cl)cc4)CC3)C2)CCC2(CC2)C1. The molecule has 3 fully saturated rings. The Labute approximate surface area is 207 Å². The Morgan fingerprint density at radius 2 is 1.82 bits per heavy atom. The predicted molar refractivity (Wildman–Crippen MR) is 134 cm³/mol. The lowest BCUT2D eigenvalue weighted by molar-refractivity contribution is -0.139. The molecule has 1 spiro atoms. The zero-order valence-corrected chi connectivity index (χ0v) is 20.9. The second kappa shape index (κ2) is 9.90. The highest BCUT2D eigenvalue weighted by Crippen LogP contribution is 2.57. The number of ether oxygens (including phenoxy) is 1. The van der Waals surface area contributed by atoms with Crippen molar-refractivity contribution in [3.63, 3.8) is 0 Å². The van der Waals surface area contributed by atoms with Gasteiger partial charge in [-0.2, -0.15) is 0 Å². The second-order valence-electron chi connectivity index (χ2n) is 10.5. The van der Waals surface area contributed by atoms with E-state index in [0.29, 0.717) is 23.6 Å². The fourth-order valence-corrected chi connectivity index (χ4v) is 6.17. The zero-order chi connectivity index (χ0) is 23.7. The summed E-state index contributed by atoms with van der Waals surface area (Å²) in [6.45, 7) is 6.22. The van der Waals surface area contributed by atoms with Crippen LogP contribution in [0.3, 0.4) is 0 Å². The molecule has 1 heterocycles. The van der Waals surface area contributed by atoms with Crippen LogP contribution in [-0.4, -0.2) is 55.6 Å². The van der Waals surface area contributed by atoms with Gasteiger partial charge < -0.3 is 15.0 Å². The summed E-state index contributed by atoms with van der Waals surface area (Å²) in [5, 5.41) is 3.94. The van der Waals surface area contributed by atoms with Gasteiger partial charge in [-0.25, -0.2) is 4.79 Å². The van der Waals surface area contributed by atoms with E-state index in [1.165, 1.54) is 18.5 Å². The average molecular weight is 486 g/mol. The number of esters is 1. The van der Waals surface area contributed by atoms with Gasteiger partial charge in [0.1, 0.15) is 0 Å². The summed E-state index contributed by atoms with van der Waals surface area (Å²) in [7, 11) is 0. The van der Waals surface area contributed by atoms with Crippen molar-refractivity contribution >= 4 is 29.2 Å². The van der Waals surface area contributed by atoms with Gasteiger partial charge in [-0.3, -0.25) is 9.69 Å². The van der Waals surface area contributed by atoms with E-state index in [0.717, 1.165) is 75.4 Å². The van der Waals surface area contributed by atoms with Crippen molar-refractivity contribution in [2.45, 2.75) is 64.3 Å². The van der Waals surface area contributed by atoms with Crippen molar-refractivity contribution < 1.29 is 14.3 Å². The number of carbonyl (C=O) groups is 2. The third kappa shape index (κ3) is 5.13. The molecular weight excluding hydrogens is 450 g/mol. The van der Waals surface area contributed by atoms with Crippen LogP contribution in [0, 0.1) is 11.3 Å². The molecule has 0 unspecified atom stereocenters. The lowest BCUT2D eigenvalue weighted by Crippen LogP contribution is -2.50. The molecule has 2 saturated carbocycles. The molecule has 0 aromatic heterocycles. The van der Waals surface area contributed by atoms with Gasteiger partial charge in [0.25, 0.3) is 0 Å². The molecule has 0 bridgehead atoms. The lowest BCUT2D eigenvalue weighted by Gasteiger charge is -2.39. The standard InChI is InChI=1S/C27H36ClN3O3/c1-2-34-26(33)23-18-27(11-12-27)10-9-24(23)29-25(32)19-3-6-22(17-19)31-15-13-30(14-16-31)21-7-4-20(28)5-8-21/h4-5,7-8,19,22H,2-3,6,9-18H2,1H3,(H,29,32)/t19-,22+/m1/s1. The van der Waals surface area contributed by atoms with E-state index in [2.05, 4.69) is 27.2 Å². The minimum atomic E-state index is -0.244. The number of hydrogen-bond donors (Lipinski definition) is 1. The minimum absolute atomic E-state index is 0.0204. The molecule has 1 aromatic rings. The Balaban J connectivity index is 1.15. The monoisotopic (exact) mass is 485 g/mol. The van der Waals surface area contributed by atoms with Crippen molar-refractivity contribution in [3.8, 4) is 0 Å². The van der Waals surface area contributed by atoms with Crippen molar-refractivity contribution in [1.82, 2.24) is 10.2 Å². The van der Waals surface area contributed by atoms with E-state index in [-0.39, 0.29) is 17.8 Å². The predicted octanol–water partition coefficient (Wildman–Crippen LogP) is 4.53. The molecule has 3 aliphatic carbocycles. The topological polar surface area (TPSA) is 61.9 Å². The summed E-state index contributed by atoms with van der Waals surface area (Å²) in [6, 6.07) is 8.53. The van der Waals surface area contributed by atoms with Crippen LogP contribution < -0.4 is 10.2 Å².